The van der Waals surface area contributed by atoms with Gasteiger partial charge in [-0.05, 0) is 12.8 Å². The van der Waals surface area contributed by atoms with Crippen LogP contribution in [0.1, 0.15) is 25.7 Å². The van der Waals surface area contributed by atoms with E-state index in [2.05, 4.69) is 10.1 Å². The van der Waals surface area contributed by atoms with E-state index < -0.39 is 24.4 Å². The molecule has 0 atom stereocenters. The molecule has 1 aliphatic rings. The van der Waals surface area contributed by atoms with Gasteiger partial charge >= 0.3 is 12.3 Å². The third kappa shape index (κ3) is 3.88. The molecular weight excluding hydrogens is 227 g/mol. The molecule has 7 heteroatoms. The first-order valence-corrected chi connectivity index (χ1v) is 4.99. The molecule has 1 rings (SSSR count). The van der Waals surface area contributed by atoms with Gasteiger partial charge in [0, 0.05) is 0 Å². The lowest BCUT2D eigenvalue weighted by molar-refractivity contribution is -0.160. The number of hydrogen-bond acceptors (Lipinski definition) is 3. The maximum absolute atomic E-state index is 11.8. The summed E-state index contributed by atoms with van der Waals surface area (Å²) in [5.41, 5.74) is -0.803. The van der Waals surface area contributed by atoms with Crippen LogP contribution in [0.2, 0.25) is 0 Å². The van der Waals surface area contributed by atoms with Crippen LogP contribution in [0.5, 0.6) is 0 Å². The number of aliphatic hydroxyl groups is 1. The first kappa shape index (κ1) is 13.1. The summed E-state index contributed by atoms with van der Waals surface area (Å²) in [6, 6.07) is 0. The Bertz CT molecular complexity index is 249. The van der Waals surface area contributed by atoms with E-state index in [1.807, 2.05) is 0 Å². The van der Waals surface area contributed by atoms with Crippen molar-refractivity contribution in [1.29, 1.82) is 0 Å². The van der Waals surface area contributed by atoms with Crippen molar-refractivity contribution in [3.63, 3.8) is 0 Å². The minimum atomic E-state index is -4.53. The SMILES string of the molecule is O=C(NC1(CO)CCCC1)OCC(F)(F)F. The van der Waals surface area contributed by atoms with Crippen LogP contribution in [0, 0.1) is 0 Å². The minimum Gasteiger partial charge on any atom is -0.440 e. The van der Waals surface area contributed by atoms with Gasteiger partial charge in [-0.3, -0.25) is 0 Å². The van der Waals surface area contributed by atoms with E-state index in [-0.39, 0.29) is 6.61 Å². The molecule has 4 nitrogen and oxygen atoms in total. The van der Waals surface area contributed by atoms with E-state index in [1.54, 1.807) is 0 Å². The van der Waals surface area contributed by atoms with Crippen LogP contribution >= 0.6 is 0 Å². The third-order valence-corrected chi connectivity index (χ3v) is 2.60. The first-order valence-electron chi connectivity index (χ1n) is 4.99. The second kappa shape index (κ2) is 4.90. The molecule has 0 unspecified atom stereocenters. The number of hydrogen-bond donors (Lipinski definition) is 2. The van der Waals surface area contributed by atoms with E-state index in [9.17, 15) is 18.0 Å². The number of ether oxygens (including phenoxy) is 1. The highest BCUT2D eigenvalue weighted by Gasteiger charge is 2.36. The molecule has 0 aromatic rings. The zero-order valence-corrected chi connectivity index (χ0v) is 8.64. The van der Waals surface area contributed by atoms with Gasteiger partial charge in [-0.1, -0.05) is 12.8 Å². The highest BCUT2D eigenvalue weighted by Crippen LogP contribution is 2.29. The summed E-state index contributed by atoms with van der Waals surface area (Å²) >= 11 is 0. The summed E-state index contributed by atoms with van der Waals surface area (Å²) in [5.74, 6) is 0. The van der Waals surface area contributed by atoms with Crippen molar-refractivity contribution in [2.24, 2.45) is 0 Å². The first-order chi connectivity index (χ1) is 7.37. The predicted octanol–water partition coefficient (Wildman–Crippen LogP) is 1.58. The van der Waals surface area contributed by atoms with Gasteiger partial charge < -0.3 is 15.2 Å². The monoisotopic (exact) mass is 241 g/mol. The lowest BCUT2D eigenvalue weighted by Gasteiger charge is -2.27. The summed E-state index contributed by atoms with van der Waals surface area (Å²) in [5, 5.41) is 11.4. The highest BCUT2D eigenvalue weighted by atomic mass is 19.4. The maximum atomic E-state index is 11.8. The number of alkyl carbamates (subject to hydrolysis) is 1. The number of alkyl halides is 3. The normalized spacial score (nSPS) is 19.5. The number of halogens is 3. The Hall–Kier alpha value is -0.980. The second-order valence-electron chi connectivity index (χ2n) is 3.96. The van der Waals surface area contributed by atoms with Crippen molar-refractivity contribution in [3.8, 4) is 0 Å². The molecule has 1 fully saturated rings. The molecule has 0 aromatic carbocycles. The zero-order valence-electron chi connectivity index (χ0n) is 8.64. The van der Waals surface area contributed by atoms with Crippen LogP contribution in [-0.2, 0) is 4.74 Å². The topological polar surface area (TPSA) is 58.6 Å². The molecule has 0 aliphatic heterocycles. The van der Waals surface area contributed by atoms with Crippen molar-refractivity contribution in [2.75, 3.05) is 13.2 Å². The third-order valence-electron chi connectivity index (χ3n) is 2.60. The Morgan fingerprint density at radius 2 is 1.94 bits per heavy atom. The van der Waals surface area contributed by atoms with Gasteiger partial charge in [0.25, 0.3) is 0 Å². The molecule has 0 aromatic heterocycles. The second-order valence-corrected chi connectivity index (χ2v) is 3.96. The Morgan fingerprint density at radius 1 is 1.38 bits per heavy atom. The molecule has 0 bridgehead atoms. The summed E-state index contributed by atoms with van der Waals surface area (Å²) in [7, 11) is 0. The molecule has 1 amide bonds. The van der Waals surface area contributed by atoms with Crippen molar-refractivity contribution >= 4 is 6.09 Å². The zero-order chi connectivity index (χ0) is 12.2. The number of rotatable bonds is 3. The predicted molar refractivity (Wildman–Crippen MR) is 48.8 cm³/mol. The summed E-state index contributed by atoms with van der Waals surface area (Å²) in [4.78, 5) is 11.1. The molecule has 0 spiro atoms. The minimum absolute atomic E-state index is 0.284. The molecule has 1 saturated carbocycles. The number of nitrogens with one attached hydrogen (secondary N) is 1. The Balaban J connectivity index is 2.38. The largest absolute Gasteiger partial charge is 0.440 e. The average molecular weight is 241 g/mol. The molecule has 0 heterocycles. The van der Waals surface area contributed by atoms with Crippen molar-refractivity contribution in [1.82, 2.24) is 5.32 Å². The molecule has 94 valence electrons. The maximum Gasteiger partial charge on any atom is 0.422 e. The van der Waals surface area contributed by atoms with Crippen LogP contribution in [0.15, 0.2) is 0 Å². The van der Waals surface area contributed by atoms with Crippen LogP contribution in [0.3, 0.4) is 0 Å². The Kier molecular flexibility index (Phi) is 4.01. The molecule has 2 N–H and O–H groups in total. The van der Waals surface area contributed by atoms with Crippen molar-refractivity contribution in [2.45, 2.75) is 37.4 Å². The van der Waals surface area contributed by atoms with Crippen LogP contribution in [-0.4, -0.2) is 36.1 Å². The van der Waals surface area contributed by atoms with Gasteiger partial charge in [-0.25, -0.2) is 4.79 Å². The van der Waals surface area contributed by atoms with Crippen LogP contribution < -0.4 is 5.32 Å². The lowest BCUT2D eigenvalue weighted by atomic mass is 9.99. The number of carbonyl (C=O) groups is 1. The average Bonchev–Trinajstić information content (AvgIpc) is 2.63. The fourth-order valence-electron chi connectivity index (χ4n) is 1.77. The van der Waals surface area contributed by atoms with E-state index in [0.717, 1.165) is 12.8 Å². The summed E-state index contributed by atoms with van der Waals surface area (Å²) < 4.78 is 39.3. The quantitative estimate of drug-likeness (QED) is 0.788. The smallest absolute Gasteiger partial charge is 0.422 e. The Labute approximate surface area is 90.8 Å². The van der Waals surface area contributed by atoms with E-state index in [0.29, 0.717) is 12.8 Å². The van der Waals surface area contributed by atoms with E-state index >= 15 is 0 Å². The van der Waals surface area contributed by atoms with Crippen molar-refractivity contribution in [3.05, 3.63) is 0 Å². The fraction of sp³-hybridized carbons (Fsp3) is 0.889. The standard InChI is InChI=1S/C9H14F3NO3/c10-9(11,12)6-16-7(15)13-8(5-14)3-1-2-4-8/h14H,1-6H2,(H,13,15). The van der Waals surface area contributed by atoms with Gasteiger partial charge in [0.05, 0.1) is 12.1 Å². The van der Waals surface area contributed by atoms with Gasteiger partial charge in [-0.2, -0.15) is 13.2 Å². The molecular formula is C9H14F3NO3. The van der Waals surface area contributed by atoms with Crippen molar-refractivity contribution < 1.29 is 27.8 Å². The summed E-state index contributed by atoms with van der Waals surface area (Å²) in [6.07, 6.45) is -2.87. The molecule has 0 saturated heterocycles. The number of aliphatic hydroxyl groups excluding tert-OH is 1. The summed E-state index contributed by atoms with van der Waals surface area (Å²) in [6.45, 7) is -1.89. The van der Waals surface area contributed by atoms with Gasteiger partial charge in [0.1, 0.15) is 0 Å². The molecule has 16 heavy (non-hydrogen) atoms. The lowest BCUT2D eigenvalue weighted by Crippen LogP contribution is -2.49. The van der Waals surface area contributed by atoms with Crippen LogP contribution in [0.25, 0.3) is 0 Å². The highest BCUT2D eigenvalue weighted by molar-refractivity contribution is 5.68. The van der Waals surface area contributed by atoms with E-state index in [1.165, 1.54) is 0 Å². The van der Waals surface area contributed by atoms with Gasteiger partial charge in [-0.15, -0.1) is 0 Å². The molecule has 0 radical (unpaired) electrons. The fourth-order valence-corrected chi connectivity index (χ4v) is 1.77. The van der Waals surface area contributed by atoms with Gasteiger partial charge in [0.15, 0.2) is 6.61 Å². The number of carbonyl (C=O) groups excluding carboxylic acids is 1. The van der Waals surface area contributed by atoms with Gasteiger partial charge in [0.2, 0.25) is 0 Å². The Morgan fingerprint density at radius 3 is 2.38 bits per heavy atom. The molecule has 1 aliphatic carbocycles. The number of amides is 1. The van der Waals surface area contributed by atoms with Crippen LogP contribution in [0.4, 0.5) is 18.0 Å². The van der Waals surface area contributed by atoms with E-state index in [4.69, 9.17) is 5.11 Å².